The Morgan fingerprint density at radius 1 is 1.71 bits per heavy atom. The minimum atomic E-state index is -0.888. The molecule has 0 spiro atoms. The van der Waals surface area contributed by atoms with Crippen LogP contribution in [0.4, 0.5) is 0 Å². The zero-order valence-corrected chi connectivity index (χ0v) is 4.18. The number of fused-ring (bicyclic) bond motifs is 1. The maximum Gasteiger partial charge on any atom is 0.205 e. The summed E-state index contributed by atoms with van der Waals surface area (Å²) in [7, 11) is 0. The number of H-pyrrole nitrogens is 1. The molecule has 0 aliphatic carbocycles. The van der Waals surface area contributed by atoms with Gasteiger partial charge in [-0.3, -0.25) is 0 Å². The van der Waals surface area contributed by atoms with Crippen LogP contribution in [0.15, 0.2) is 12.4 Å². The van der Waals surface area contributed by atoms with Gasteiger partial charge in [-0.1, -0.05) is 0 Å². The number of nitrogens with one attached hydrogen (secondary N) is 1. The van der Waals surface area contributed by atoms with Gasteiger partial charge in [0.2, 0.25) is 11.1 Å². The lowest BCUT2D eigenvalue weighted by molar-refractivity contribution is 0.593. The average Bonchev–Trinajstić information content (AvgIpc) is 2.26. The van der Waals surface area contributed by atoms with E-state index in [1.165, 1.54) is 4.02 Å². The van der Waals surface area contributed by atoms with Crippen LogP contribution < -0.4 is 0 Å². The van der Waals surface area contributed by atoms with E-state index in [0.29, 0.717) is 0 Å². The molecule has 0 saturated heterocycles. The van der Waals surface area contributed by atoms with Crippen molar-refractivity contribution in [3.05, 3.63) is 12.4 Å². The molecule has 0 amide bonds. The standard InChI is InChI=1S/C2H3N3OS/c6-7-4-2-1-3-5(4)7/h1-3H. The van der Waals surface area contributed by atoms with Crippen molar-refractivity contribution in [2.45, 2.75) is 0 Å². The third kappa shape index (κ3) is 0.250. The molecule has 2 aromatic rings. The molecule has 0 aromatic carbocycles. The Kier molecular flexibility index (Phi) is 0.369. The second-order valence-corrected chi connectivity index (χ2v) is 2.43. The molecule has 0 aliphatic heterocycles. The van der Waals surface area contributed by atoms with Crippen molar-refractivity contribution in [3.63, 3.8) is 0 Å². The Morgan fingerprint density at radius 3 is 2.86 bits per heavy atom. The monoisotopic (exact) mass is 117 g/mol. The number of rotatable bonds is 0. The first kappa shape index (κ1) is 3.34. The van der Waals surface area contributed by atoms with Crippen molar-refractivity contribution in [2.24, 2.45) is 0 Å². The van der Waals surface area contributed by atoms with Crippen LogP contribution in [0.2, 0.25) is 0 Å². The molecule has 5 heteroatoms. The smallest absolute Gasteiger partial charge is 0.205 e. The van der Waals surface area contributed by atoms with Crippen LogP contribution in [0.1, 0.15) is 0 Å². The zero-order valence-electron chi connectivity index (χ0n) is 3.37. The molecule has 4 nitrogen and oxygen atoms in total. The SMILES string of the molecule is [O-][s+]1n2cc[nH]n21. The molecule has 0 radical (unpaired) electrons. The first-order valence-corrected chi connectivity index (χ1v) is 2.90. The predicted octanol–water partition coefficient (Wildman–Crippen LogP) is 0.0945. The fourth-order valence-electron chi connectivity index (χ4n) is 0.488. The van der Waals surface area contributed by atoms with Crippen LogP contribution in [0, 0.1) is 0 Å². The van der Waals surface area contributed by atoms with E-state index in [1.807, 2.05) is 0 Å². The summed E-state index contributed by atoms with van der Waals surface area (Å²) in [6.07, 6.45) is 3.44. The Labute approximate surface area is 42.0 Å². The highest BCUT2D eigenvalue weighted by Crippen LogP contribution is 2.14. The molecule has 2 aromatic heterocycles. The molecule has 2 heterocycles. The van der Waals surface area contributed by atoms with Crippen LogP contribution in [0.5, 0.6) is 0 Å². The second kappa shape index (κ2) is 0.775. The largest absolute Gasteiger partial charge is 0.545 e. The summed E-state index contributed by atoms with van der Waals surface area (Å²) in [6.45, 7) is 0. The quantitative estimate of drug-likeness (QED) is 0.488. The van der Waals surface area contributed by atoms with Gasteiger partial charge in [0.15, 0.2) is 0 Å². The van der Waals surface area contributed by atoms with Crippen LogP contribution in [0.25, 0.3) is 0 Å². The van der Waals surface area contributed by atoms with Crippen LogP contribution in [0.3, 0.4) is 0 Å². The Bertz CT molecular complexity index is 236. The van der Waals surface area contributed by atoms with Gasteiger partial charge in [-0.25, -0.2) is 5.10 Å². The molecule has 0 aliphatic rings. The highest BCUT2D eigenvalue weighted by atomic mass is 32.2. The predicted molar refractivity (Wildman–Crippen MR) is 23.9 cm³/mol. The molecular weight excluding hydrogens is 114 g/mol. The number of nitrogens with zero attached hydrogens (tertiary/aromatic N) is 2. The van der Waals surface area contributed by atoms with Crippen molar-refractivity contribution < 1.29 is 4.55 Å². The Balaban J connectivity index is 2.92. The third-order valence-electron chi connectivity index (χ3n) is 0.849. The van der Waals surface area contributed by atoms with Gasteiger partial charge < -0.3 is 4.55 Å². The summed E-state index contributed by atoms with van der Waals surface area (Å²) >= 11 is -0.888. The lowest BCUT2D eigenvalue weighted by Crippen LogP contribution is -1.64. The number of aromatic nitrogens is 3. The topological polar surface area (TPSA) is 47.7 Å². The minimum absolute atomic E-state index is 0.888. The van der Waals surface area contributed by atoms with E-state index in [1.54, 1.807) is 16.3 Å². The average molecular weight is 117 g/mol. The van der Waals surface area contributed by atoms with E-state index in [0.717, 1.165) is 0 Å². The molecule has 0 bridgehead atoms. The van der Waals surface area contributed by atoms with Gasteiger partial charge in [0.05, 0.1) is 4.02 Å². The Hall–Kier alpha value is -0.680. The number of hydrogen-bond donors (Lipinski definition) is 1. The number of hydrogen-bond acceptors (Lipinski definition) is 1. The zero-order chi connectivity index (χ0) is 4.85. The van der Waals surface area contributed by atoms with Gasteiger partial charge in [0.25, 0.3) is 0 Å². The highest BCUT2D eigenvalue weighted by molar-refractivity contribution is 7.18. The van der Waals surface area contributed by atoms with Gasteiger partial charge in [-0.2, -0.15) is 0 Å². The van der Waals surface area contributed by atoms with Gasteiger partial charge in [0.1, 0.15) is 6.20 Å². The van der Waals surface area contributed by atoms with E-state index in [4.69, 9.17) is 0 Å². The fourth-order valence-corrected chi connectivity index (χ4v) is 1.21. The van der Waals surface area contributed by atoms with Crippen molar-refractivity contribution in [1.29, 1.82) is 0 Å². The van der Waals surface area contributed by atoms with E-state index in [-0.39, 0.29) is 0 Å². The normalized spacial score (nSPS) is 14.1. The van der Waals surface area contributed by atoms with Crippen LogP contribution in [-0.2, 0) is 0 Å². The maximum absolute atomic E-state index is 10.3. The minimum Gasteiger partial charge on any atom is -0.545 e. The maximum atomic E-state index is 10.3. The summed E-state index contributed by atoms with van der Waals surface area (Å²) < 4.78 is 13.4. The summed E-state index contributed by atoms with van der Waals surface area (Å²) in [5.41, 5.74) is 0. The molecule has 1 N–H and O–H groups in total. The summed E-state index contributed by atoms with van der Waals surface area (Å²) in [5, 5.41) is 2.72. The van der Waals surface area contributed by atoms with E-state index in [2.05, 4.69) is 5.10 Å². The van der Waals surface area contributed by atoms with Gasteiger partial charge >= 0.3 is 0 Å². The van der Waals surface area contributed by atoms with Crippen molar-refractivity contribution >= 4 is 11.1 Å². The van der Waals surface area contributed by atoms with Crippen LogP contribution >= 0.6 is 11.1 Å². The molecule has 1 atom stereocenters. The molecule has 38 valence electrons. The lowest BCUT2D eigenvalue weighted by atomic mass is 11.0. The lowest BCUT2D eigenvalue weighted by Gasteiger charge is -1.61. The summed E-state index contributed by atoms with van der Waals surface area (Å²) in [4.78, 5) is 0. The van der Waals surface area contributed by atoms with E-state index < -0.39 is 11.1 Å². The third-order valence-corrected chi connectivity index (χ3v) is 1.89. The molecular formula is C2H3N3OS. The van der Waals surface area contributed by atoms with Gasteiger partial charge in [-0.05, 0) is 3.90 Å². The van der Waals surface area contributed by atoms with E-state index in [9.17, 15) is 4.55 Å². The molecule has 1 unspecified atom stereocenters. The molecule has 2 rings (SSSR count). The highest BCUT2D eigenvalue weighted by Gasteiger charge is 2.14. The van der Waals surface area contributed by atoms with Gasteiger partial charge in [-0.15, -0.1) is 0 Å². The van der Waals surface area contributed by atoms with Crippen molar-refractivity contribution in [1.82, 2.24) is 13.0 Å². The van der Waals surface area contributed by atoms with E-state index >= 15 is 0 Å². The van der Waals surface area contributed by atoms with Crippen molar-refractivity contribution in [3.8, 4) is 0 Å². The first-order chi connectivity index (χ1) is 3.39. The van der Waals surface area contributed by atoms with Crippen LogP contribution in [-0.4, -0.2) is 17.6 Å². The van der Waals surface area contributed by atoms with Crippen molar-refractivity contribution in [2.75, 3.05) is 0 Å². The number of aromatic amines is 1. The summed E-state index contributed by atoms with van der Waals surface area (Å²) in [5.74, 6) is 0. The first-order valence-electron chi connectivity index (χ1n) is 1.84. The fraction of sp³-hybridized carbons (Fsp3) is 0. The summed E-state index contributed by atoms with van der Waals surface area (Å²) in [6, 6.07) is 0. The second-order valence-electron chi connectivity index (χ2n) is 1.25. The molecule has 0 fully saturated rings. The molecule has 0 saturated carbocycles. The Morgan fingerprint density at radius 2 is 2.57 bits per heavy atom. The molecule has 7 heavy (non-hydrogen) atoms. The van der Waals surface area contributed by atoms with Gasteiger partial charge in [0, 0.05) is 6.20 Å².